The zero-order chi connectivity index (χ0) is 12.7. The predicted octanol–water partition coefficient (Wildman–Crippen LogP) is 4.00. The average Bonchev–Trinajstić information content (AvgIpc) is 2.66. The zero-order valence-electron chi connectivity index (χ0n) is 10.00. The largest absolute Gasteiger partial charge is 0.302 e. The van der Waals surface area contributed by atoms with E-state index in [-0.39, 0.29) is 11.8 Å². The van der Waals surface area contributed by atoms with E-state index in [1.165, 1.54) is 11.3 Å². The maximum atomic E-state index is 11.9. The second-order valence-electron chi connectivity index (χ2n) is 4.68. The molecule has 1 N–H and O–H groups in total. The van der Waals surface area contributed by atoms with Crippen molar-refractivity contribution in [2.75, 3.05) is 5.32 Å². The first-order chi connectivity index (χ1) is 8.65. The number of benzene rings is 1. The van der Waals surface area contributed by atoms with E-state index in [4.69, 9.17) is 11.6 Å². The number of hydrogen-bond donors (Lipinski definition) is 1. The van der Waals surface area contributed by atoms with Crippen LogP contribution in [0.25, 0.3) is 10.2 Å². The van der Waals surface area contributed by atoms with Crippen LogP contribution in [-0.4, -0.2) is 10.9 Å². The molecule has 0 atom stereocenters. The van der Waals surface area contributed by atoms with Gasteiger partial charge in [-0.15, -0.1) is 0 Å². The Bertz CT molecular complexity index is 580. The quantitative estimate of drug-likeness (QED) is 0.903. The van der Waals surface area contributed by atoms with E-state index in [1.807, 2.05) is 19.1 Å². The molecule has 2 aromatic rings. The second-order valence-corrected chi connectivity index (χ2v) is 6.08. The molecular weight excluding hydrogens is 268 g/mol. The molecule has 0 bridgehead atoms. The van der Waals surface area contributed by atoms with Crippen LogP contribution >= 0.6 is 22.9 Å². The molecule has 3 nitrogen and oxygen atoms in total. The van der Waals surface area contributed by atoms with Gasteiger partial charge in [-0.2, -0.15) is 0 Å². The fourth-order valence-electron chi connectivity index (χ4n) is 2.03. The highest BCUT2D eigenvalue weighted by Gasteiger charge is 2.26. The van der Waals surface area contributed by atoms with Gasteiger partial charge < -0.3 is 5.32 Å². The van der Waals surface area contributed by atoms with Crippen LogP contribution in [0.3, 0.4) is 0 Å². The van der Waals surface area contributed by atoms with Crippen molar-refractivity contribution in [2.24, 2.45) is 5.92 Å². The standard InChI is InChI=1S/C13H13ClN2OS/c1-7-5-6-9(14)11-10(7)15-13(18-11)16-12(17)8-3-2-4-8/h5-6,8H,2-4H2,1H3,(H,15,16,17). The number of aryl methyl sites for hydroxylation is 1. The van der Waals surface area contributed by atoms with Gasteiger partial charge in [0.15, 0.2) is 5.13 Å². The third kappa shape index (κ3) is 1.99. The first-order valence-corrected chi connectivity index (χ1v) is 7.21. The van der Waals surface area contributed by atoms with Gasteiger partial charge in [0.2, 0.25) is 5.91 Å². The van der Waals surface area contributed by atoms with Crippen LogP contribution < -0.4 is 5.32 Å². The van der Waals surface area contributed by atoms with Crippen molar-refractivity contribution in [3.05, 3.63) is 22.7 Å². The lowest BCUT2D eigenvalue weighted by Gasteiger charge is -2.23. The highest BCUT2D eigenvalue weighted by molar-refractivity contribution is 7.23. The number of nitrogens with one attached hydrogen (secondary N) is 1. The molecule has 0 unspecified atom stereocenters. The fraction of sp³-hybridized carbons (Fsp3) is 0.385. The lowest BCUT2D eigenvalue weighted by molar-refractivity contribution is -0.122. The minimum absolute atomic E-state index is 0.0917. The SMILES string of the molecule is Cc1ccc(Cl)c2sc(NC(=O)C3CCC3)nc12. The lowest BCUT2D eigenvalue weighted by Crippen LogP contribution is -2.27. The van der Waals surface area contributed by atoms with Gasteiger partial charge in [0.05, 0.1) is 15.2 Å². The van der Waals surface area contributed by atoms with E-state index in [0.29, 0.717) is 10.2 Å². The monoisotopic (exact) mass is 280 g/mol. The Morgan fingerprint density at radius 2 is 2.28 bits per heavy atom. The second kappa shape index (κ2) is 4.52. The van der Waals surface area contributed by atoms with Crippen LogP contribution in [0.1, 0.15) is 24.8 Å². The molecule has 3 rings (SSSR count). The lowest BCUT2D eigenvalue weighted by atomic mass is 9.85. The molecule has 1 aliphatic carbocycles. The van der Waals surface area contributed by atoms with Gasteiger partial charge in [0.1, 0.15) is 0 Å². The van der Waals surface area contributed by atoms with E-state index < -0.39 is 0 Å². The Kier molecular flexibility index (Phi) is 2.99. The number of amides is 1. The van der Waals surface area contributed by atoms with E-state index in [9.17, 15) is 4.79 Å². The minimum atomic E-state index is 0.0917. The number of aromatic nitrogens is 1. The van der Waals surface area contributed by atoms with Crippen LogP contribution in [0, 0.1) is 12.8 Å². The molecule has 0 spiro atoms. The van der Waals surface area contributed by atoms with Crippen molar-refractivity contribution in [2.45, 2.75) is 26.2 Å². The number of fused-ring (bicyclic) bond motifs is 1. The summed E-state index contributed by atoms with van der Waals surface area (Å²) >= 11 is 7.58. The first kappa shape index (κ1) is 11.9. The Labute approximate surface area is 114 Å². The maximum Gasteiger partial charge on any atom is 0.229 e. The summed E-state index contributed by atoms with van der Waals surface area (Å²) in [5.74, 6) is 0.266. The predicted molar refractivity (Wildman–Crippen MR) is 75.3 cm³/mol. The minimum Gasteiger partial charge on any atom is -0.302 e. The third-order valence-corrected chi connectivity index (χ3v) is 4.83. The molecule has 0 saturated heterocycles. The molecule has 1 aromatic carbocycles. The van der Waals surface area contributed by atoms with Gasteiger partial charge in [-0.05, 0) is 31.4 Å². The van der Waals surface area contributed by atoms with Gasteiger partial charge in [-0.25, -0.2) is 4.98 Å². The van der Waals surface area contributed by atoms with Crippen molar-refractivity contribution < 1.29 is 4.79 Å². The molecule has 0 radical (unpaired) electrons. The molecular formula is C13H13ClN2OS. The number of hydrogen-bond acceptors (Lipinski definition) is 3. The number of nitrogens with zero attached hydrogens (tertiary/aromatic N) is 1. The number of carbonyl (C=O) groups is 1. The highest BCUT2D eigenvalue weighted by Crippen LogP contribution is 2.35. The molecule has 1 aromatic heterocycles. The van der Waals surface area contributed by atoms with E-state index >= 15 is 0 Å². The number of thiazole rings is 1. The maximum absolute atomic E-state index is 11.9. The summed E-state index contributed by atoms with van der Waals surface area (Å²) in [5, 5.41) is 4.24. The zero-order valence-corrected chi connectivity index (χ0v) is 11.6. The summed E-state index contributed by atoms with van der Waals surface area (Å²) in [7, 11) is 0. The van der Waals surface area contributed by atoms with Crippen LogP contribution in [-0.2, 0) is 4.79 Å². The highest BCUT2D eigenvalue weighted by atomic mass is 35.5. The molecule has 1 heterocycles. The van der Waals surface area contributed by atoms with Gasteiger partial charge in [0.25, 0.3) is 0 Å². The molecule has 18 heavy (non-hydrogen) atoms. The van der Waals surface area contributed by atoms with Crippen LogP contribution in [0.4, 0.5) is 5.13 Å². The molecule has 94 valence electrons. The smallest absolute Gasteiger partial charge is 0.229 e. The summed E-state index contributed by atoms with van der Waals surface area (Å²) < 4.78 is 0.945. The van der Waals surface area contributed by atoms with Gasteiger partial charge >= 0.3 is 0 Å². The van der Waals surface area contributed by atoms with E-state index in [1.54, 1.807) is 0 Å². The van der Waals surface area contributed by atoms with Crippen LogP contribution in [0.5, 0.6) is 0 Å². The van der Waals surface area contributed by atoms with E-state index in [0.717, 1.165) is 35.0 Å². The van der Waals surface area contributed by atoms with Crippen molar-refractivity contribution >= 4 is 44.2 Å². The number of rotatable bonds is 2. The summed E-state index contributed by atoms with van der Waals surface area (Å²) in [6.45, 7) is 2.00. The third-order valence-electron chi connectivity index (χ3n) is 3.40. The molecule has 5 heteroatoms. The number of anilines is 1. The summed E-state index contributed by atoms with van der Waals surface area (Å²) in [6.07, 6.45) is 3.15. The molecule has 1 fully saturated rings. The Balaban J connectivity index is 1.91. The van der Waals surface area contributed by atoms with Crippen molar-refractivity contribution in [1.82, 2.24) is 4.98 Å². The topological polar surface area (TPSA) is 42.0 Å². The average molecular weight is 281 g/mol. The molecule has 1 aliphatic rings. The first-order valence-electron chi connectivity index (χ1n) is 6.01. The number of halogens is 1. The van der Waals surface area contributed by atoms with Crippen LogP contribution in [0.2, 0.25) is 5.02 Å². The summed E-state index contributed by atoms with van der Waals surface area (Å²) in [5.41, 5.74) is 1.96. The van der Waals surface area contributed by atoms with Gasteiger partial charge in [-0.3, -0.25) is 4.79 Å². The van der Waals surface area contributed by atoms with Gasteiger partial charge in [0, 0.05) is 5.92 Å². The van der Waals surface area contributed by atoms with Gasteiger partial charge in [-0.1, -0.05) is 35.4 Å². The fourth-order valence-corrected chi connectivity index (χ4v) is 3.25. The van der Waals surface area contributed by atoms with Crippen molar-refractivity contribution in [1.29, 1.82) is 0 Å². The summed E-state index contributed by atoms with van der Waals surface area (Å²) in [6, 6.07) is 3.82. The van der Waals surface area contributed by atoms with Crippen molar-refractivity contribution in [3.63, 3.8) is 0 Å². The molecule has 1 saturated carbocycles. The Morgan fingerprint density at radius 1 is 1.50 bits per heavy atom. The molecule has 0 aliphatic heterocycles. The Hall–Kier alpha value is -1.13. The van der Waals surface area contributed by atoms with Crippen LogP contribution in [0.15, 0.2) is 12.1 Å². The Morgan fingerprint density at radius 3 is 2.89 bits per heavy atom. The normalized spacial score (nSPS) is 15.7. The van der Waals surface area contributed by atoms with E-state index in [2.05, 4.69) is 10.3 Å². The van der Waals surface area contributed by atoms with Crippen molar-refractivity contribution in [3.8, 4) is 0 Å². The number of carbonyl (C=O) groups excluding carboxylic acids is 1. The summed E-state index contributed by atoms with van der Waals surface area (Å²) in [4.78, 5) is 16.3. The molecule has 1 amide bonds.